The quantitative estimate of drug-likeness (QED) is 0.195. The van der Waals surface area contributed by atoms with Crippen LogP contribution in [-0.4, -0.2) is 79.7 Å². The maximum atomic E-state index is 11.7. The molecule has 3 atom stereocenters. The van der Waals surface area contributed by atoms with E-state index in [1.54, 1.807) is 20.9 Å². The van der Waals surface area contributed by atoms with Crippen molar-refractivity contribution in [2.75, 3.05) is 26.7 Å². The smallest absolute Gasteiger partial charge is 0.338 e. The fourth-order valence-electron chi connectivity index (χ4n) is 6.90. The minimum Gasteiger partial charge on any atom is -0.465 e. The van der Waals surface area contributed by atoms with Crippen LogP contribution < -0.4 is 5.32 Å². The average molecular weight is 674 g/mol. The Kier molecular flexibility index (Phi) is 15.5. The number of rotatable bonds is 7. The average Bonchev–Trinajstić information content (AvgIpc) is 3.10. The van der Waals surface area contributed by atoms with Crippen molar-refractivity contribution in [2.45, 2.75) is 71.4 Å². The molecule has 0 aliphatic carbocycles. The van der Waals surface area contributed by atoms with Gasteiger partial charge in [-0.25, -0.2) is 4.79 Å². The molecule has 48 heavy (non-hydrogen) atoms. The minimum absolute atomic E-state index is 0. The molecule has 3 aliphatic heterocycles. The van der Waals surface area contributed by atoms with E-state index in [0.717, 1.165) is 73.5 Å². The molecular formula is C36H46B2ClN3O6. The van der Waals surface area contributed by atoms with Gasteiger partial charge in [-0.1, -0.05) is 48.5 Å². The molecule has 0 saturated carbocycles. The molecule has 6 rings (SSSR count). The Balaban J connectivity index is 0.000000196. The van der Waals surface area contributed by atoms with Crippen molar-refractivity contribution in [1.29, 1.82) is 0 Å². The summed E-state index contributed by atoms with van der Waals surface area (Å²) in [7, 11) is 4.54. The summed E-state index contributed by atoms with van der Waals surface area (Å²) in [6.07, 6.45) is 4.30. The molecule has 0 amide bonds. The van der Waals surface area contributed by atoms with Gasteiger partial charge in [-0.15, -0.1) is 12.4 Å². The second kappa shape index (κ2) is 19.0. The SMILES string of the molecule is COC(=O)c1cccc2c1CCN([B]C=O)[C@H]2C.C[C@@H]1NCCc2c(CO)cccc21.C[C@H]1c2cccc(CO)c2CCN1[B]C=O.Cl. The third-order valence-corrected chi connectivity index (χ3v) is 9.51. The highest BCUT2D eigenvalue weighted by atomic mass is 35.5. The van der Waals surface area contributed by atoms with Gasteiger partial charge in [0.15, 0.2) is 0 Å². The minimum atomic E-state index is -0.299. The van der Waals surface area contributed by atoms with Crippen LogP contribution in [0, 0.1) is 0 Å². The number of nitrogens with one attached hydrogen (secondary N) is 1. The number of ether oxygens (including phenoxy) is 1. The molecule has 3 heterocycles. The Morgan fingerprint density at radius 1 is 0.792 bits per heavy atom. The standard InChI is InChI=1S/C13H15BNO3.C12H15BNO2.C11H15NO.ClH/c1-9-10-4-3-5-12(13(17)18-2)11(10)6-7-15(9)14-8-16;1-9-11-4-2-3-10(7-15)12(11)5-6-14(9)13-8-16;1-8-10-4-2-3-9(7-13)11(10)5-6-12-8;/h3-5,8-9H,6-7H2,1-2H3;2-4,8-9,15H,5-7H2,1H3;2-4,8,12-13H,5-7H2,1H3;1H/t2*9-;8-;/m000./s1. The molecule has 3 aliphatic rings. The van der Waals surface area contributed by atoms with E-state index in [2.05, 4.69) is 31.3 Å². The van der Waals surface area contributed by atoms with Crippen molar-refractivity contribution in [3.63, 3.8) is 0 Å². The van der Waals surface area contributed by atoms with Gasteiger partial charge in [-0.05, 0) is 110 Å². The Bertz CT molecular complexity index is 1540. The van der Waals surface area contributed by atoms with Gasteiger partial charge in [-0.2, -0.15) is 0 Å². The van der Waals surface area contributed by atoms with Crippen LogP contribution in [0.2, 0.25) is 0 Å². The van der Waals surface area contributed by atoms with E-state index >= 15 is 0 Å². The summed E-state index contributed by atoms with van der Waals surface area (Å²) in [4.78, 5) is 36.8. The third-order valence-electron chi connectivity index (χ3n) is 9.51. The Morgan fingerprint density at radius 2 is 1.27 bits per heavy atom. The van der Waals surface area contributed by atoms with Crippen LogP contribution in [0.5, 0.6) is 0 Å². The predicted octanol–water partition coefficient (Wildman–Crippen LogP) is 3.92. The first-order chi connectivity index (χ1) is 22.8. The summed E-state index contributed by atoms with van der Waals surface area (Å²) in [6, 6.07) is 18.6. The molecule has 0 spiro atoms. The molecule has 3 aromatic carbocycles. The Labute approximate surface area is 292 Å². The molecule has 12 heteroatoms. The third kappa shape index (κ3) is 9.02. The summed E-state index contributed by atoms with van der Waals surface area (Å²) in [6.45, 7) is 9.12. The number of esters is 1. The maximum Gasteiger partial charge on any atom is 0.338 e. The van der Waals surface area contributed by atoms with Gasteiger partial charge < -0.3 is 39.5 Å². The molecule has 9 nitrogen and oxygen atoms in total. The lowest BCUT2D eigenvalue weighted by atomic mass is 9.82. The molecule has 0 unspecified atom stereocenters. The van der Waals surface area contributed by atoms with Crippen LogP contribution in [-0.2, 0) is 46.8 Å². The zero-order valence-electron chi connectivity index (χ0n) is 28.2. The highest BCUT2D eigenvalue weighted by Gasteiger charge is 2.27. The van der Waals surface area contributed by atoms with E-state index < -0.39 is 0 Å². The van der Waals surface area contributed by atoms with Crippen LogP contribution in [0.15, 0.2) is 54.6 Å². The van der Waals surface area contributed by atoms with Crippen LogP contribution in [0.3, 0.4) is 0 Å². The highest BCUT2D eigenvalue weighted by molar-refractivity contribution is 6.64. The van der Waals surface area contributed by atoms with Crippen molar-refractivity contribution in [3.8, 4) is 0 Å². The number of hydrogen-bond donors (Lipinski definition) is 3. The van der Waals surface area contributed by atoms with E-state index in [-0.39, 0.29) is 43.7 Å². The van der Waals surface area contributed by atoms with Crippen LogP contribution in [0.1, 0.15) is 93.8 Å². The number of fused-ring (bicyclic) bond motifs is 3. The van der Waals surface area contributed by atoms with Crippen LogP contribution >= 0.6 is 12.4 Å². The van der Waals surface area contributed by atoms with Gasteiger partial charge in [0, 0.05) is 18.1 Å². The lowest BCUT2D eigenvalue weighted by Crippen LogP contribution is -2.38. The van der Waals surface area contributed by atoms with Crippen molar-refractivity contribution >= 4 is 45.6 Å². The summed E-state index contributed by atoms with van der Waals surface area (Å²) in [5.74, 6) is -0.299. The molecule has 2 radical (unpaired) electrons. The number of benzene rings is 3. The van der Waals surface area contributed by atoms with Crippen molar-refractivity contribution in [2.24, 2.45) is 0 Å². The summed E-state index contributed by atoms with van der Waals surface area (Å²) >= 11 is 0. The number of methoxy groups -OCH3 is 1. The van der Waals surface area contributed by atoms with E-state index in [0.29, 0.717) is 11.6 Å². The second-order valence-corrected chi connectivity index (χ2v) is 12.0. The van der Waals surface area contributed by atoms with E-state index in [9.17, 15) is 19.5 Å². The normalized spacial score (nSPS) is 19.6. The first kappa shape index (κ1) is 39.1. The molecule has 254 valence electrons. The van der Waals surface area contributed by atoms with Crippen LogP contribution in [0.25, 0.3) is 0 Å². The zero-order chi connectivity index (χ0) is 33.9. The van der Waals surface area contributed by atoms with Gasteiger partial charge in [-0.3, -0.25) is 0 Å². The molecule has 3 N–H and O–H groups in total. The number of carbonyl (C=O) groups excluding carboxylic acids is 3. The number of aliphatic hydroxyl groups is 2. The molecule has 3 aromatic rings. The lowest BCUT2D eigenvalue weighted by Gasteiger charge is -2.34. The summed E-state index contributed by atoms with van der Waals surface area (Å²) in [5.41, 5.74) is 10.0. The Hall–Kier alpha value is -3.31. The molecular weight excluding hydrogens is 627 g/mol. The van der Waals surface area contributed by atoms with E-state index in [1.165, 1.54) is 29.4 Å². The summed E-state index contributed by atoms with van der Waals surface area (Å²) in [5, 5.41) is 21.8. The number of nitrogens with zero attached hydrogens (tertiary/aromatic N) is 2. The fourth-order valence-corrected chi connectivity index (χ4v) is 6.90. The van der Waals surface area contributed by atoms with Gasteiger partial charge in [0.1, 0.15) is 0 Å². The topological polar surface area (TPSA) is 119 Å². The van der Waals surface area contributed by atoms with Gasteiger partial charge in [0.2, 0.25) is 0 Å². The first-order valence-electron chi connectivity index (χ1n) is 16.2. The molecule has 0 bridgehead atoms. The van der Waals surface area contributed by atoms with Crippen molar-refractivity contribution in [1.82, 2.24) is 14.9 Å². The second-order valence-electron chi connectivity index (χ2n) is 12.0. The fraction of sp³-hybridized carbons (Fsp3) is 0.417. The number of carbonyl (C=O) groups is 3. The van der Waals surface area contributed by atoms with Crippen LogP contribution in [0.4, 0.5) is 0 Å². The molecule has 0 saturated heterocycles. The maximum absolute atomic E-state index is 11.7. The highest BCUT2D eigenvalue weighted by Crippen LogP contribution is 2.32. The number of aliphatic hydroxyl groups excluding tert-OH is 2. The summed E-state index contributed by atoms with van der Waals surface area (Å²) < 4.78 is 4.80. The van der Waals surface area contributed by atoms with Crippen molar-refractivity contribution < 1.29 is 29.3 Å². The molecule has 0 fully saturated rings. The van der Waals surface area contributed by atoms with Gasteiger partial charge in [0.05, 0.1) is 38.3 Å². The van der Waals surface area contributed by atoms with Crippen molar-refractivity contribution in [3.05, 3.63) is 105 Å². The number of hydrogen-bond acceptors (Lipinski definition) is 9. The number of halogens is 1. The lowest BCUT2D eigenvalue weighted by molar-refractivity contribution is 0.0598. The monoisotopic (exact) mass is 673 g/mol. The van der Waals surface area contributed by atoms with Gasteiger partial charge >= 0.3 is 5.97 Å². The van der Waals surface area contributed by atoms with E-state index in [4.69, 9.17) is 9.84 Å². The molecule has 0 aromatic heterocycles. The van der Waals surface area contributed by atoms with E-state index in [1.807, 2.05) is 52.9 Å². The predicted molar refractivity (Wildman–Crippen MR) is 193 cm³/mol. The van der Waals surface area contributed by atoms with Gasteiger partial charge in [0.25, 0.3) is 14.8 Å². The largest absolute Gasteiger partial charge is 0.465 e. The first-order valence-corrected chi connectivity index (χ1v) is 16.2. The Morgan fingerprint density at radius 3 is 1.79 bits per heavy atom. The zero-order valence-corrected chi connectivity index (χ0v) is 29.0.